The standard InChI is InChI=1S/C10H17N5O2S2/c1-3-15(19(2,16)17)6-4-5-13-10-8(7-11)9(12)14-18-10/h13H,3-6H2,1-2H3,(H2,12,14). The molecule has 0 unspecified atom stereocenters. The van der Waals surface area contributed by atoms with Crippen LogP contribution in [0.15, 0.2) is 0 Å². The molecule has 0 aromatic carbocycles. The van der Waals surface area contributed by atoms with Gasteiger partial charge in [0.25, 0.3) is 0 Å². The van der Waals surface area contributed by atoms with E-state index in [9.17, 15) is 8.42 Å². The zero-order chi connectivity index (χ0) is 14.5. The van der Waals surface area contributed by atoms with Crippen LogP contribution in [0.3, 0.4) is 0 Å². The van der Waals surface area contributed by atoms with Crippen molar-refractivity contribution in [2.24, 2.45) is 0 Å². The van der Waals surface area contributed by atoms with Gasteiger partial charge in [0.2, 0.25) is 10.0 Å². The van der Waals surface area contributed by atoms with Gasteiger partial charge in [-0.15, -0.1) is 0 Å². The number of nitrogens with zero attached hydrogens (tertiary/aromatic N) is 3. The average Bonchev–Trinajstić information content (AvgIpc) is 2.68. The molecule has 1 aromatic heterocycles. The SMILES string of the molecule is CCN(CCCNc1snc(N)c1C#N)S(C)(=O)=O. The number of nitriles is 1. The molecule has 3 N–H and O–H groups in total. The minimum absolute atomic E-state index is 0.223. The smallest absolute Gasteiger partial charge is 0.211 e. The first-order valence-electron chi connectivity index (χ1n) is 5.74. The molecule has 1 aromatic rings. The fourth-order valence-electron chi connectivity index (χ4n) is 1.55. The number of nitrogens with two attached hydrogens (primary N) is 1. The second kappa shape index (κ2) is 6.70. The molecule has 106 valence electrons. The van der Waals surface area contributed by atoms with Crippen molar-refractivity contribution in [1.29, 1.82) is 5.26 Å². The summed E-state index contributed by atoms with van der Waals surface area (Å²) >= 11 is 1.13. The quantitative estimate of drug-likeness (QED) is 0.716. The van der Waals surface area contributed by atoms with Crippen molar-refractivity contribution in [2.45, 2.75) is 13.3 Å². The van der Waals surface area contributed by atoms with E-state index in [1.165, 1.54) is 10.6 Å². The number of sulfonamides is 1. The fraction of sp³-hybridized carbons (Fsp3) is 0.600. The molecule has 0 saturated heterocycles. The molecule has 0 saturated carbocycles. The molecular formula is C10H17N5O2S2. The highest BCUT2D eigenvalue weighted by atomic mass is 32.2. The first-order chi connectivity index (χ1) is 8.90. The lowest BCUT2D eigenvalue weighted by Gasteiger charge is -2.17. The topological polar surface area (TPSA) is 112 Å². The Morgan fingerprint density at radius 2 is 2.26 bits per heavy atom. The van der Waals surface area contributed by atoms with Gasteiger partial charge in [-0.2, -0.15) is 9.64 Å². The molecule has 7 nitrogen and oxygen atoms in total. The summed E-state index contributed by atoms with van der Waals surface area (Å²) in [4.78, 5) is 0. The Labute approximate surface area is 117 Å². The molecule has 1 rings (SSSR count). The van der Waals surface area contributed by atoms with Gasteiger partial charge in [0.05, 0.1) is 6.26 Å². The van der Waals surface area contributed by atoms with E-state index in [4.69, 9.17) is 11.0 Å². The Balaban J connectivity index is 2.45. The van der Waals surface area contributed by atoms with Crippen molar-refractivity contribution >= 4 is 32.4 Å². The van der Waals surface area contributed by atoms with Crippen LogP contribution in [0, 0.1) is 11.3 Å². The van der Waals surface area contributed by atoms with Crippen molar-refractivity contribution in [3.05, 3.63) is 5.56 Å². The van der Waals surface area contributed by atoms with Crippen LogP contribution in [0.25, 0.3) is 0 Å². The molecular weight excluding hydrogens is 286 g/mol. The summed E-state index contributed by atoms with van der Waals surface area (Å²) in [6.45, 7) is 3.25. The van der Waals surface area contributed by atoms with E-state index in [1.807, 2.05) is 6.07 Å². The summed E-state index contributed by atoms with van der Waals surface area (Å²) in [7, 11) is -3.15. The summed E-state index contributed by atoms with van der Waals surface area (Å²) in [5.41, 5.74) is 5.88. The average molecular weight is 303 g/mol. The van der Waals surface area contributed by atoms with Crippen molar-refractivity contribution in [3.8, 4) is 6.07 Å². The lowest BCUT2D eigenvalue weighted by Crippen LogP contribution is -2.31. The highest BCUT2D eigenvalue weighted by molar-refractivity contribution is 7.88. The minimum atomic E-state index is -3.15. The number of hydrogen-bond donors (Lipinski definition) is 2. The van der Waals surface area contributed by atoms with Crippen LogP contribution in [0.1, 0.15) is 18.9 Å². The first kappa shape index (κ1) is 15.7. The fourth-order valence-corrected chi connectivity index (χ4v) is 3.17. The molecule has 0 atom stereocenters. The zero-order valence-corrected chi connectivity index (χ0v) is 12.5. The number of rotatable bonds is 7. The molecule has 19 heavy (non-hydrogen) atoms. The van der Waals surface area contributed by atoms with Crippen LogP contribution < -0.4 is 11.1 Å². The number of hydrogen-bond acceptors (Lipinski definition) is 7. The second-order valence-corrected chi connectivity index (χ2v) is 6.67. The summed E-state index contributed by atoms with van der Waals surface area (Å²) in [6, 6.07) is 1.98. The Bertz CT molecular complexity index is 561. The lowest BCUT2D eigenvalue weighted by atomic mass is 10.3. The van der Waals surface area contributed by atoms with Crippen molar-refractivity contribution in [1.82, 2.24) is 8.68 Å². The molecule has 0 amide bonds. The van der Waals surface area contributed by atoms with E-state index in [2.05, 4.69) is 9.69 Å². The Morgan fingerprint density at radius 3 is 2.79 bits per heavy atom. The molecule has 0 aliphatic carbocycles. The number of aromatic nitrogens is 1. The number of nitrogens with one attached hydrogen (secondary N) is 1. The van der Waals surface area contributed by atoms with Gasteiger partial charge in [-0.1, -0.05) is 6.92 Å². The van der Waals surface area contributed by atoms with Crippen molar-refractivity contribution < 1.29 is 8.42 Å². The minimum Gasteiger partial charge on any atom is -0.382 e. The van der Waals surface area contributed by atoms with Gasteiger partial charge in [-0.05, 0) is 18.0 Å². The molecule has 9 heteroatoms. The summed E-state index contributed by atoms with van der Waals surface area (Å²) < 4.78 is 28.0. The molecule has 0 aliphatic heterocycles. The molecule has 0 fully saturated rings. The summed E-state index contributed by atoms with van der Waals surface area (Å²) in [6.07, 6.45) is 1.84. The summed E-state index contributed by atoms with van der Waals surface area (Å²) in [5, 5.41) is 12.6. The van der Waals surface area contributed by atoms with Gasteiger partial charge in [0, 0.05) is 19.6 Å². The van der Waals surface area contributed by atoms with E-state index in [0.29, 0.717) is 36.6 Å². The monoisotopic (exact) mass is 303 g/mol. The maximum Gasteiger partial charge on any atom is 0.211 e. The Morgan fingerprint density at radius 1 is 1.58 bits per heavy atom. The van der Waals surface area contributed by atoms with Crippen LogP contribution in [0.4, 0.5) is 10.8 Å². The van der Waals surface area contributed by atoms with Crippen LogP contribution in [0.5, 0.6) is 0 Å². The van der Waals surface area contributed by atoms with Gasteiger partial charge in [0.15, 0.2) is 5.82 Å². The van der Waals surface area contributed by atoms with E-state index in [0.717, 1.165) is 11.5 Å². The predicted molar refractivity (Wildman–Crippen MR) is 76.4 cm³/mol. The third kappa shape index (κ3) is 4.34. The Kier molecular flexibility index (Phi) is 5.53. The second-order valence-electron chi connectivity index (χ2n) is 3.92. The predicted octanol–water partition coefficient (Wildman–Crippen LogP) is 0.680. The molecule has 0 aliphatic rings. The maximum absolute atomic E-state index is 11.4. The lowest BCUT2D eigenvalue weighted by molar-refractivity contribution is 0.429. The first-order valence-corrected chi connectivity index (χ1v) is 8.36. The van der Waals surface area contributed by atoms with Gasteiger partial charge >= 0.3 is 0 Å². The van der Waals surface area contributed by atoms with E-state index < -0.39 is 10.0 Å². The molecule has 0 spiro atoms. The normalized spacial score (nSPS) is 11.5. The van der Waals surface area contributed by atoms with Crippen LogP contribution in [-0.4, -0.2) is 43.0 Å². The maximum atomic E-state index is 11.4. The largest absolute Gasteiger partial charge is 0.382 e. The molecule has 0 radical (unpaired) electrons. The van der Waals surface area contributed by atoms with E-state index in [-0.39, 0.29) is 5.82 Å². The van der Waals surface area contributed by atoms with Crippen molar-refractivity contribution in [3.63, 3.8) is 0 Å². The zero-order valence-electron chi connectivity index (χ0n) is 10.9. The van der Waals surface area contributed by atoms with Crippen LogP contribution in [-0.2, 0) is 10.0 Å². The van der Waals surface area contributed by atoms with Gasteiger partial charge in [-0.3, -0.25) is 0 Å². The number of anilines is 2. The van der Waals surface area contributed by atoms with E-state index >= 15 is 0 Å². The highest BCUT2D eigenvalue weighted by Gasteiger charge is 2.14. The molecule has 0 bridgehead atoms. The highest BCUT2D eigenvalue weighted by Crippen LogP contribution is 2.25. The van der Waals surface area contributed by atoms with Gasteiger partial charge in [-0.25, -0.2) is 12.7 Å². The molecule has 1 heterocycles. The van der Waals surface area contributed by atoms with Crippen LogP contribution in [0.2, 0.25) is 0 Å². The third-order valence-electron chi connectivity index (χ3n) is 2.52. The summed E-state index contributed by atoms with van der Waals surface area (Å²) in [5.74, 6) is 0.223. The van der Waals surface area contributed by atoms with E-state index in [1.54, 1.807) is 6.92 Å². The van der Waals surface area contributed by atoms with Crippen molar-refractivity contribution in [2.75, 3.05) is 36.9 Å². The Hall–Kier alpha value is -1.37. The third-order valence-corrected chi connectivity index (χ3v) is 4.72. The van der Waals surface area contributed by atoms with Gasteiger partial charge in [0.1, 0.15) is 16.6 Å². The van der Waals surface area contributed by atoms with Crippen LogP contribution >= 0.6 is 11.5 Å². The number of nitrogen functional groups attached to an aromatic ring is 1. The van der Waals surface area contributed by atoms with Gasteiger partial charge < -0.3 is 11.1 Å².